The summed E-state index contributed by atoms with van der Waals surface area (Å²) >= 11 is 0. The summed E-state index contributed by atoms with van der Waals surface area (Å²) in [6, 6.07) is 62.3. The molecule has 3 heterocycles. The zero-order valence-corrected chi connectivity index (χ0v) is 45.7. The largest absolute Gasteiger partial charge is 0.309 e. The molecule has 11 rings (SSSR count). The predicted octanol–water partition coefficient (Wildman–Crippen LogP) is 17.7. The summed E-state index contributed by atoms with van der Waals surface area (Å²) in [5.74, 6) is 1.51. The molecule has 0 amide bonds. The normalized spacial score (nSPS) is 12.4. The lowest BCUT2D eigenvalue weighted by Crippen LogP contribution is -2.10. The highest BCUT2D eigenvalue weighted by Crippen LogP contribution is 2.43. The van der Waals surface area contributed by atoms with Gasteiger partial charge >= 0.3 is 0 Å². The van der Waals surface area contributed by atoms with Crippen LogP contribution in [0.3, 0.4) is 0 Å². The zero-order valence-electron chi connectivity index (χ0n) is 45.7. The minimum Gasteiger partial charge on any atom is -0.309 e. The Morgan fingerprint density at radius 1 is 0.342 bits per heavy atom. The molecule has 7 heteroatoms. The summed E-state index contributed by atoms with van der Waals surface area (Å²) in [5, 5.41) is 25.6. The SMILES string of the molecule is CC(C)(C)c1ccc2c(c1)c1cc(C(C)(C)C)ccc1n2-c1cc(-c2nc(-c3ccccc3)nc(-c3ccc(-c4cccc(C#N)c4)c(-n4c5ccc(C(C)(C)C)cc5c5cc(C(C)(C)C)ccc54)c3)n2)ccc1C#N. The molecule has 0 fully saturated rings. The van der Waals surface area contributed by atoms with Crippen molar-refractivity contribution >= 4 is 43.6 Å². The summed E-state index contributed by atoms with van der Waals surface area (Å²) in [7, 11) is 0. The van der Waals surface area contributed by atoms with Gasteiger partial charge < -0.3 is 9.13 Å². The molecular formula is C69H63N7. The smallest absolute Gasteiger partial charge is 0.164 e. The van der Waals surface area contributed by atoms with Crippen molar-refractivity contribution in [3.05, 3.63) is 197 Å². The van der Waals surface area contributed by atoms with Crippen molar-refractivity contribution in [2.45, 2.75) is 105 Å². The molecule has 0 N–H and O–H groups in total. The summed E-state index contributed by atoms with van der Waals surface area (Å²) in [5.41, 5.74) is 16.0. The molecular weight excluding hydrogens is 927 g/mol. The monoisotopic (exact) mass is 990 g/mol. The van der Waals surface area contributed by atoms with Gasteiger partial charge in [-0.2, -0.15) is 10.5 Å². The van der Waals surface area contributed by atoms with Crippen LogP contribution in [0, 0.1) is 22.7 Å². The number of nitriles is 2. The van der Waals surface area contributed by atoms with Gasteiger partial charge in [0.1, 0.15) is 6.07 Å². The maximum Gasteiger partial charge on any atom is 0.164 e. The Labute approximate surface area is 446 Å². The van der Waals surface area contributed by atoms with E-state index in [9.17, 15) is 10.5 Å². The van der Waals surface area contributed by atoms with Crippen molar-refractivity contribution in [2.75, 3.05) is 0 Å². The topological polar surface area (TPSA) is 96.1 Å². The van der Waals surface area contributed by atoms with E-state index in [1.165, 1.54) is 33.0 Å². The van der Waals surface area contributed by atoms with Crippen LogP contribution in [0.2, 0.25) is 0 Å². The maximum atomic E-state index is 10.9. The number of hydrogen-bond donors (Lipinski definition) is 0. The van der Waals surface area contributed by atoms with Crippen LogP contribution in [0.4, 0.5) is 0 Å². The first kappa shape index (κ1) is 49.6. The van der Waals surface area contributed by atoms with Gasteiger partial charge in [0.05, 0.1) is 50.6 Å². The van der Waals surface area contributed by atoms with Crippen LogP contribution < -0.4 is 0 Å². The Bertz CT molecular complexity index is 4080. The van der Waals surface area contributed by atoms with Gasteiger partial charge in [0.2, 0.25) is 0 Å². The standard InChI is InChI=1S/C69H63N7/c1-66(2,3)48-24-29-57-53(36-48)54-37-49(67(4,5)6)25-30-58(54)75(57)61-34-45(21-22-47(61)41-71)64-72-63(43-18-14-13-15-19-43)73-65(74-64)46-23-28-52(44-20-16-17-42(33-44)40-70)62(35-46)76-59-31-26-50(68(7,8)9)38-55(59)56-39-51(69(10,11)12)27-32-60(56)76/h13-39H,1-12H3. The molecule has 11 aromatic rings. The number of aromatic nitrogens is 5. The first-order valence-corrected chi connectivity index (χ1v) is 26.3. The lowest BCUT2D eigenvalue weighted by Gasteiger charge is -2.20. The number of nitrogens with zero attached hydrogens (tertiary/aromatic N) is 7. The van der Waals surface area contributed by atoms with Crippen molar-refractivity contribution in [1.29, 1.82) is 10.5 Å². The Balaban J connectivity index is 1.16. The highest BCUT2D eigenvalue weighted by atomic mass is 15.0. The lowest BCUT2D eigenvalue weighted by molar-refractivity contribution is 0.590. The van der Waals surface area contributed by atoms with E-state index < -0.39 is 0 Å². The second-order valence-corrected chi connectivity index (χ2v) is 24.5. The molecule has 0 atom stereocenters. The minimum atomic E-state index is -0.0641. The molecule has 76 heavy (non-hydrogen) atoms. The molecule has 0 radical (unpaired) electrons. The van der Waals surface area contributed by atoms with Crippen molar-refractivity contribution < 1.29 is 0 Å². The van der Waals surface area contributed by atoms with Crippen LogP contribution in [0.5, 0.6) is 0 Å². The van der Waals surface area contributed by atoms with Gasteiger partial charge in [-0.25, -0.2) is 15.0 Å². The van der Waals surface area contributed by atoms with Crippen molar-refractivity contribution in [2.24, 2.45) is 0 Å². The summed E-state index contributed by atoms with van der Waals surface area (Å²) < 4.78 is 4.61. The second kappa shape index (κ2) is 18.0. The highest BCUT2D eigenvalue weighted by molar-refractivity contribution is 6.11. The quantitative estimate of drug-likeness (QED) is 0.165. The van der Waals surface area contributed by atoms with Gasteiger partial charge in [0, 0.05) is 43.8 Å². The third-order valence-electron chi connectivity index (χ3n) is 15.1. The van der Waals surface area contributed by atoms with Crippen LogP contribution in [0.1, 0.15) is 116 Å². The maximum absolute atomic E-state index is 10.9. The number of fused-ring (bicyclic) bond motifs is 6. The molecule has 0 aliphatic heterocycles. The molecule has 0 unspecified atom stereocenters. The fourth-order valence-electron chi connectivity index (χ4n) is 10.6. The Hall–Kier alpha value is -8.65. The van der Waals surface area contributed by atoms with E-state index in [0.29, 0.717) is 28.6 Å². The fourth-order valence-corrected chi connectivity index (χ4v) is 10.6. The summed E-state index contributed by atoms with van der Waals surface area (Å²) in [4.78, 5) is 15.9. The molecule has 0 saturated carbocycles. The Morgan fingerprint density at radius 3 is 1.16 bits per heavy atom. The first-order chi connectivity index (χ1) is 36.1. The molecule has 374 valence electrons. The lowest BCUT2D eigenvalue weighted by atomic mass is 9.85. The average molecular weight is 990 g/mol. The average Bonchev–Trinajstić information content (AvgIpc) is 3.96. The van der Waals surface area contributed by atoms with Gasteiger partial charge in [-0.05, 0) is 134 Å². The van der Waals surface area contributed by atoms with Crippen LogP contribution in [-0.2, 0) is 21.7 Å². The van der Waals surface area contributed by atoms with E-state index >= 15 is 0 Å². The Morgan fingerprint density at radius 2 is 0.737 bits per heavy atom. The van der Waals surface area contributed by atoms with Gasteiger partial charge in [-0.1, -0.05) is 162 Å². The number of rotatable bonds is 6. The highest BCUT2D eigenvalue weighted by Gasteiger charge is 2.26. The van der Waals surface area contributed by atoms with Gasteiger partial charge in [-0.3, -0.25) is 0 Å². The van der Waals surface area contributed by atoms with E-state index in [1.54, 1.807) is 0 Å². The Kier molecular flexibility index (Phi) is 11.8. The molecule has 0 aliphatic carbocycles. The van der Waals surface area contributed by atoms with Gasteiger partial charge in [0.25, 0.3) is 0 Å². The molecule has 0 bridgehead atoms. The van der Waals surface area contributed by atoms with Crippen molar-refractivity contribution in [1.82, 2.24) is 24.1 Å². The van der Waals surface area contributed by atoms with Crippen LogP contribution in [-0.4, -0.2) is 24.1 Å². The van der Waals surface area contributed by atoms with E-state index in [1.807, 2.05) is 60.7 Å². The second-order valence-electron chi connectivity index (χ2n) is 24.5. The summed E-state index contributed by atoms with van der Waals surface area (Å²) in [6.45, 7) is 27.1. The third-order valence-corrected chi connectivity index (χ3v) is 15.1. The molecule has 7 nitrogen and oxygen atoms in total. The van der Waals surface area contributed by atoms with Crippen LogP contribution >= 0.6 is 0 Å². The van der Waals surface area contributed by atoms with Crippen molar-refractivity contribution in [3.8, 4) is 68.8 Å². The van der Waals surface area contributed by atoms with E-state index in [2.05, 4.69) is 207 Å². The molecule has 0 aliphatic rings. The van der Waals surface area contributed by atoms with Crippen LogP contribution in [0.15, 0.2) is 164 Å². The number of benzene rings is 8. The van der Waals surface area contributed by atoms with Gasteiger partial charge in [0.15, 0.2) is 17.5 Å². The molecule has 8 aromatic carbocycles. The minimum absolute atomic E-state index is 0.0614. The summed E-state index contributed by atoms with van der Waals surface area (Å²) in [6.07, 6.45) is 0. The van der Waals surface area contributed by atoms with E-state index in [0.717, 1.165) is 72.0 Å². The van der Waals surface area contributed by atoms with Crippen LogP contribution in [0.25, 0.3) is 100 Å². The van der Waals surface area contributed by atoms with Gasteiger partial charge in [-0.15, -0.1) is 0 Å². The first-order valence-electron chi connectivity index (χ1n) is 26.3. The third kappa shape index (κ3) is 8.80. The van der Waals surface area contributed by atoms with E-state index in [4.69, 9.17) is 15.0 Å². The molecule has 0 spiro atoms. The molecule has 3 aromatic heterocycles. The fraction of sp³-hybridized carbons (Fsp3) is 0.232. The van der Waals surface area contributed by atoms with E-state index in [-0.39, 0.29) is 21.7 Å². The predicted molar refractivity (Wildman–Crippen MR) is 314 cm³/mol. The number of hydrogen-bond acceptors (Lipinski definition) is 5. The zero-order chi connectivity index (χ0) is 53.6. The van der Waals surface area contributed by atoms with Crippen molar-refractivity contribution in [3.63, 3.8) is 0 Å². The molecule has 0 saturated heterocycles.